The number of nitrogens with one attached hydrogen (secondary N) is 3. The van der Waals surface area contributed by atoms with E-state index >= 15 is 0 Å². The van der Waals surface area contributed by atoms with Gasteiger partial charge >= 0.3 is 0 Å². The molecule has 0 amide bonds. The van der Waals surface area contributed by atoms with E-state index in [9.17, 15) is 8.42 Å². The van der Waals surface area contributed by atoms with Crippen LogP contribution in [-0.4, -0.2) is 83.6 Å². The molecule has 2 atom stereocenters. The van der Waals surface area contributed by atoms with E-state index in [-0.39, 0.29) is 35.8 Å². The van der Waals surface area contributed by atoms with Crippen molar-refractivity contribution in [1.29, 1.82) is 0 Å². The van der Waals surface area contributed by atoms with Crippen LogP contribution in [0.1, 0.15) is 51.9 Å². The lowest BCUT2D eigenvalue weighted by Crippen LogP contribution is -2.43. The molecule has 2 unspecified atom stereocenters. The van der Waals surface area contributed by atoms with Crippen LogP contribution in [0.5, 0.6) is 0 Å². The number of hydrogen-bond donors (Lipinski definition) is 3. The highest BCUT2D eigenvalue weighted by Crippen LogP contribution is 2.16. The van der Waals surface area contributed by atoms with Gasteiger partial charge in [-0.05, 0) is 52.0 Å². The summed E-state index contributed by atoms with van der Waals surface area (Å²) in [5, 5.41) is 6.36. The number of rotatable bonds is 10. The summed E-state index contributed by atoms with van der Waals surface area (Å²) in [6, 6.07) is 0.683. The maximum Gasteiger partial charge on any atom is 0.213 e. The third kappa shape index (κ3) is 11.1. The molecular weight excluding hydrogens is 505 g/mol. The second-order valence-electron chi connectivity index (χ2n) is 7.82. The summed E-state index contributed by atoms with van der Waals surface area (Å²) in [5.74, 6) is 0.670. The highest BCUT2D eigenvalue weighted by molar-refractivity contribution is 14.0. The standard InChI is InChI=1S/C19H39N5O3S.HI/c1-17-8-3-5-12-24(17)13-7-10-21-19(20-2)22-11-15-28(25,26)23-16-18-9-4-6-14-27-18;/h17-18,23H,3-16H2,1-2H3,(H2,20,21,22);1H. The number of aliphatic imine (C=N–C) groups is 1. The van der Waals surface area contributed by atoms with E-state index in [1.807, 2.05) is 0 Å². The summed E-state index contributed by atoms with van der Waals surface area (Å²) in [7, 11) is -1.61. The van der Waals surface area contributed by atoms with Crippen molar-refractivity contribution in [3.8, 4) is 0 Å². The average Bonchev–Trinajstić information content (AvgIpc) is 2.70. The molecule has 0 bridgehead atoms. The van der Waals surface area contributed by atoms with Gasteiger partial charge in [-0.3, -0.25) is 4.99 Å². The van der Waals surface area contributed by atoms with Gasteiger partial charge in [-0.15, -0.1) is 24.0 Å². The average molecular weight is 546 g/mol. The normalized spacial score (nSPS) is 24.0. The molecule has 172 valence electrons. The molecule has 0 spiro atoms. The smallest absolute Gasteiger partial charge is 0.213 e. The molecule has 0 aromatic rings. The third-order valence-corrected chi connectivity index (χ3v) is 6.89. The van der Waals surface area contributed by atoms with E-state index in [4.69, 9.17) is 4.74 Å². The first-order chi connectivity index (χ1) is 13.5. The van der Waals surface area contributed by atoms with E-state index in [0.717, 1.165) is 45.4 Å². The molecule has 10 heteroatoms. The molecule has 2 heterocycles. The van der Waals surface area contributed by atoms with Gasteiger partial charge in [0.05, 0.1) is 11.9 Å². The minimum Gasteiger partial charge on any atom is -0.377 e. The molecule has 3 N–H and O–H groups in total. The van der Waals surface area contributed by atoms with Crippen molar-refractivity contribution in [2.75, 3.05) is 52.1 Å². The lowest BCUT2D eigenvalue weighted by molar-refractivity contribution is 0.0200. The lowest BCUT2D eigenvalue weighted by atomic mass is 10.0. The number of hydrogen-bond acceptors (Lipinski definition) is 5. The van der Waals surface area contributed by atoms with Crippen LogP contribution in [0.15, 0.2) is 4.99 Å². The van der Waals surface area contributed by atoms with Crippen LogP contribution in [-0.2, 0) is 14.8 Å². The number of ether oxygens (including phenoxy) is 1. The van der Waals surface area contributed by atoms with Gasteiger partial charge in [0.2, 0.25) is 10.0 Å². The molecule has 2 rings (SSSR count). The van der Waals surface area contributed by atoms with Gasteiger partial charge in [-0.2, -0.15) is 0 Å². The Morgan fingerprint density at radius 3 is 2.59 bits per heavy atom. The fourth-order valence-corrected chi connectivity index (χ4v) is 4.72. The highest BCUT2D eigenvalue weighted by atomic mass is 127. The first-order valence-corrected chi connectivity index (χ1v) is 12.4. The van der Waals surface area contributed by atoms with Gasteiger partial charge in [0.15, 0.2) is 5.96 Å². The highest BCUT2D eigenvalue weighted by Gasteiger charge is 2.18. The van der Waals surface area contributed by atoms with Gasteiger partial charge in [0, 0.05) is 45.9 Å². The maximum atomic E-state index is 12.1. The lowest BCUT2D eigenvalue weighted by Gasteiger charge is -2.33. The largest absolute Gasteiger partial charge is 0.377 e. The SMILES string of the molecule is CN=C(NCCCN1CCCCC1C)NCCS(=O)(=O)NCC1CCCCO1.I. The molecule has 2 fully saturated rings. The number of piperidine rings is 1. The molecular formula is C19H40IN5O3S. The van der Waals surface area contributed by atoms with E-state index in [1.54, 1.807) is 7.05 Å². The van der Waals surface area contributed by atoms with Crippen molar-refractivity contribution in [3.05, 3.63) is 0 Å². The minimum absolute atomic E-state index is 0. The number of likely N-dealkylation sites (tertiary alicyclic amines) is 1. The van der Waals surface area contributed by atoms with Gasteiger partial charge in [0.25, 0.3) is 0 Å². The van der Waals surface area contributed by atoms with Gasteiger partial charge in [-0.25, -0.2) is 13.1 Å². The van der Waals surface area contributed by atoms with E-state index in [1.165, 1.54) is 25.8 Å². The second-order valence-corrected chi connectivity index (χ2v) is 9.74. The zero-order valence-corrected chi connectivity index (χ0v) is 21.1. The van der Waals surface area contributed by atoms with E-state index in [2.05, 4.69) is 32.2 Å². The molecule has 2 saturated heterocycles. The fraction of sp³-hybridized carbons (Fsp3) is 0.947. The zero-order valence-electron chi connectivity index (χ0n) is 18.0. The molecule has 0 aromatic heterocycles. The Balaban J connectivity index is 0.00000420. The van der Waals surface area contributed by atoms with E-state index in [0.29, 0.717) is 25.1 Å². The van der Waals surface area contributed by atoms with Crippen molar-refractivity contribution >= 4 is 40.0 Å². The number of halogens is 1. The van der Waals surface area contributed by atoms with Crippen LogP contribution in [0.2, 0.25) is 0 Å². The molecule has 0 aromatic carbocycles. The molecule has 0 aliphatic carbocycles. The van der Waals surface area contributed by atoms with Gasteiger partial charge < -0.3 is 20.3 Å². The Morgan fingerprint density at radius 2 is 1.90 bits per heavy atom. The fourth-order valence-electron chi connectivity index (χ4n) is 3.76. The van der Waals surface area contributed by atoms with Crippen molar-refractivity contribution in [1.82, 2.24) is 20.3 Å². The first kappa shape index (κ1) is 26.9. The number of sulfonamides is 1. The summed E-state index contributed by atoms with van der Waals surface area (Å²) >= 11 is 0. The zero-order chi connectivity index (χ0) is 20.2. The Kier molecular flexibility index (Phi) is 13.7. The van der Waals surface area contributed by atoms with Crippen LogP contribution in [0.25, 0.3) is 0 Å². The summed E-state index contributed by atoms with van der Waals surface area (Å²) in [6.45, 7) is 6.84. The van der Waals surface area contributed by atoms with Crippen LogP contribution < -0.4 is 15.4 Å². The number of nitrogens with zero attached hydrogens (tertiary/aromatic N) is 2. The van der Waals surface area contributed by atoms with Crippen LogP contribution in [0.4, 0.5) is 0 Å². The maximum absolute atomic E-state index is 12.1. The summed E-state index contributed by atoms with van der Waals surface area (Å²) in [5.41, 5.74) is 0. The van der Waals surface area contributed by atoms with Crippen molar-refractivity contribution in [2.24, 2.45) is 4.99 Å². The molecule has 0 radical (unpaired) electrons. The number of guanidine groups is 1. The summed E-state index contributed by atoms with van der Waals surface area (Å²) < 4.78 is 32.5. The topological polar surface area (TPSA) is 95.1 Å². The van der Waals surface area contributed by atoms with Crippen molar-refractivity contribution in [3.63, 3.8) is 0 Å². The molecule has 0 saturated carbocycles. The first-order valence-electron chi connectivity index (χ1n) is 10.8. The van der Waals surface area contributed by atoms with Gasteiger partial charge in [0.1, 0.15) is 0 Å². The van der Waals surface area contributed by atoms with Crippen molar-refractivity contribution < 1.29 is 13.2 Å². The predicted octanol–water partition coefficient (Wildman–Crippen LogP) is 1.52. The van der Waals surface area contributed by atoms with Gasteiger partial charge in [-0.1, -0.05) is 6.42 Å². The minimum atomic E-state index is -3.31. The summed E-state index contributed by atoms with van der Waals surface area (Å²) in [6.07, 6.45) is 8.09. The van der Waals surface area contributed by atoms with Crippen LogP contribution in [0, 0.1) is 0 Å². The Morgan fingerprint density at radius 1 is 1.14 bits per heavy atom. The van der Waals surface area contributed by atoms with Crippen molar-refractivity contribution in [2.45, 2.75) is 64.0 Å². The van der Waals surface area contributed by atoms with Crippen LogP contribution >= 0.6 is 24.0 Å². The molecule has 2 aliphatic rings. The Labute approximate surface area is 194 Å². The molecule has 2 aliphatic heterocycles. The van der Waals surface area contributed by atoms with E-state index < -0.39 is 10.0 Å². The Bertz CT molecular complexity index is 570. The Hall–Kier alpha value is -0.170. The molecule has 29 heavy (non-hydrogen) atoms. The predicted molar refractivity (Wildman–Crippen MR) is 130 cm³/mol. The second kappa shape index (κ2) is 14.8. The summed E-state index contributed by atoms with van der Waals surface area (Å²) in [4.78, 5) is 6.72. The monoisotopic (exact) mass is 545 g/mol. The third-order valence-electron chi connectivity index (χ3n) is 5.55. The van der Waals surface area contributed by atoms with Crippen LogP contribution in [0.3, 0.4) is 0 Å². The quantitative estimate of drug-likeness (QED) is 0.167. The molecule has 8 nitrogen and oxygen atoms in total.